The van der Waals surface area contributed by atoms with Crippen LogP contribution in [0.3, 0.4) is 0 Å². The Labute approximate surface area is 120 Å². The highest BCUT2D eigenvalue weighted by molar-refractivity contribution is 9.10. The molecule has 4 nitrogen and oxygen atoms in total. The Bertz CT molecular complexity index is 674. The lowest BCUT2D eigenvalue weighted by Crippen LogP contribution is -2.04. The molecule has 0 unspecified atom stereocenters. The number of aromatic nitrogens is 2. The zero-order valence-electron chi connectivity index (χ0n) is 11.0. The molecule has 0 saturated carbocycles. The first-order chi connectivity index (χ1) is 9.02. The highest BCUT2D eigenvalue weighted by Gasteiger charge is 2.12. The Morgan fingerprint density at radius 2 is 1.95 bits per heavy atom. The summed E-state index contributed by atoms with van der Waals surface area (Å²) in [5, 5.41) is 20.5. The number of rotatable bonds is 2. The van der Waals surface area contributed by atoms with Gasteiger partial charge in [0.1, 0.15) is 11.6 Å². The van der Waals surface area contributed by atoms with Crippen molar-refractivity contribution in [3.63, 3.8) is 0 Å². The van der Waals surface area contributed by atoms with Crippen molar-refractivity contribution < 1.29 is 0 Å². The molecule has 19 heavy (non-hydrogen) atoms. The SMILES string of the molecule is Cc1ccc(Br)c(Nc2nnc(C)c(C)c2C#N)c1. The maximum Gasteiger partial charge on any atom is 0.171 e. The van der Waals surface area contributed by atoms with E-state index in [1.165, 1.54) is 0 Å². The Morgan fingerprint density at radius 1 is 1.21 bits per heavy atom. The van der Waals surface area contributed by atoms with Gasteiger partial charge in [-0.05, 0) is 60.0 Å². The van der Waals surface area contributed by atoms with Crippen LogP contribution in [0.1, 0.15) is 22.4 Å². The first-order valence-corrected chi connectivity index (χ1v) is 6.59. The van der Waals surface area contributed by atoms with Crippen LogP contribution < -0.4 is 5.32 Å². The average molecular weight is 317 g/mol. The van der Waals surface area contributed by atoms with E-state index in [0.29, 0.717) is 11.4 Å². The number of hydrogen-bond acceptors (Lipinski definition) is 4. The van der Waals surface area contributed by atoms with Gasteiger partial charge in [0.05, 0.1) is 11.4 Å². The highest BCUT2D eigenvalue weighted by Crippen LogP contribution is 2.28. The van der Waals surface area contributed by atoms with Gasteiger partial charge >= 0.3 is 0 Å². The summed E-state index contributed by atoms with van der Waals surface area (Å²) in [6.07, 6.45) is 0. The fourth-order valence-electron chi connectivity index (χ4n) is 1.70. The second-order valence-electron chi connectivity index (χ2n) is 4.35. The molecule has 0 radical (unpaired) electrons. The second-order valence-corrected chi connectivity index (χ2v) is 5.21. The minimum atomic E-state index is 0.483. The molecule has 0 fully saturated rings. The number of nitrogens with zero attached hydrogens (tertiary/aromatic N) is 3. The standard InChI is InChI=1S/C14H13BrN4/c1-8-4-5-12(15)13(6-8)17-14-11(7-16)9(2)10(3)18-19-14/h4-6H,1-3H3,(H,17,19). The van der Waals surface area contributed by atoms with Gasteiger partial charge in [-0.25, -0.2) is 0 Å². The van der Waals surface area contributed by atoms with Crippen LogP contribution in [0.25, 0.3) is 0 Å². The normalized spacial score (nSPS) is 10.1. The maximum atomic E-state index is 9.26. The molecule has 96 valence electrons. The molecular formula is C14H13BrN4. The lowest BCUT2D eigenvalue weighted by molar-refractivity contribution is 0.960. The van der Waals surface area contributed by atoms with Crippen molar-refractivity contribution >= 4 is 27.4 Å². The first-order valence-electron chi connectivity index (χ1n) is 5.80. The largest absolute Gasteiger partial charge is 0.337 e. The third kappa shape index (κ3) is 2.74. The number of aryl methyl sites for hydroxylation is 2. The van der Waals surface area contributed by atoms with E-state index in [-0.39, 0.29) is 0 Å². The molecule has 1 heterocycles. The van der Waals surface area contributed by atoms with E-state index < -0.39 is 0 Å². The quantitative estimate of drug-likeness (QED) is 0.915. The minimum absolute atomic E-state index is 0.483. The van der Waals surface area contributed by atoms with Crippen LogP contribution >= 0.6 is 15.9 Å². The van der Waals surface area contributed by atoms with E-state index in [9.17, 15) is 5.26 Å². The van der Waals surface area contributed by atoms with Gasteiger partial charge < -0.3 is 5.32 Å². The van der Waals surface area contributed by atoms with Crippen LogP contribution in [0.5, 0.6) is 0 Å². The van der Waals surface area contributed by atoms with Crippen molar-refractivity contribution in [1.29, 1.82) is 5.26 Å². The van der Waals surface area contributed by atoms with Crippen molar-refractivity contribution in [2.75, 3.05) is 5.32 Å². The van der Waals surface area contributed by atoms with Crippen LogP contribution in [0.4, 0.5) is 11.5 Å². The summed E-state index contributed by atoms with van der Waals surface area (Å²) in [6.45, 7) is 5.73. The first kappa shape index (κ1) is 13.5. The molecule has 0 saturated heterocycles. The van der Waals surface area contributed by atoms with E-state index in [0.717, 1.165) is 27.0 Å². The van der Waals surface area contributed by atoms with Crippen LogP contribution in [0, 0.1) is 32.1 Å². The lowest BCUT2D eigenvalue weighted by Gasteiger charge is -2.11. The van der Waals surface area contributed by atoms with Crippen molar-refractivity contribution in [2.24, 2.45) is 0 Å². The van der Waals surface area contributed by atoms with Crippen LogP contribution in [0.2, 0.25) is 0 Å². The van der Waals surface area contributed by atoms with Gasteiger partial charge in [0.25, 0.3) is 0 Å². The third-order valence-electron chi connectivity index (χ3n) is 2.94. The lowest BCUT2D eigenvalue weighted by atomic mass is 10.1. The Hall–Kier alpha value is -1.93. The zero-order valence-corrected chi connectivity index (χ0v) is 12.5. The molecule has 0 amide bonds. The van der Waals surface area contributed by atoms with Gasteiger partial charge in [0.15, 0.2) is 5.82 Å². The number of nitrogens with one attached hydrogen (secondary N) is 1. The van der Waals surface area contributed by atoms with Gasteiger partial charge in [-0.1, -0.05) is 6.07 Å². The summed E-state index contributed by atoms with van der Waals surface area (Å²) >= 11 is 3.47. The number of hydrogen-bond donors (Lipinski definition) is 1. The van der Waals surface area contributed by atoms with Gasteiger partial charge in [0, 0.05) is 4.47 Å². The van der Waals surface area contributed by atoms with Crippen LogP contribution in [0.15, 0.2) is 22.7 Å². The Balaban J connectivity index is 2.47. The average Bonchev–Trinajstić information content (AvgIpc) is 2.38. The van der Waals surface area contributed by atoms with Gasteiger partial charge in [-0.3, -0.25) is 0 Å². The van der Waals surface area contributed by atoms with Crippen molar-refractivity contribution in [3.05, 3.63) is 45.1 Å². The predicted octanol–water partition coefficient (Wildman–Crippen LogP) is 3.78. The molecule has 0 aliphatic heterocycles. The fourth-order valence-corrected chi connectivity index (χ4v) is 2.04. The number of anilines is 2. The highest BCUT2D eigenvalue weighted by atomic mass is 79.9. The fraction of sp³-hybridized carbons (Fsp3) is 0.214. The number of halogens is 1. The van der Waals surface area contributed by atoms with E-state index >= 15 is 0 Å². The maximum absolute atomic E-state index is 9.26. The molecule has 0 aliphatic carbocycles. The van der Waals surface area contributed by atoms with Crippen molar-refractivity contribution in [3.8, 4) is 6.07 Å². The third-order valence-corrected chi connectivity index (χ3v) is 3.63. The smallest absolute Gasteiger partial charge is 0.171 e. The molecule has 0 aliphatic rings. The van der Waals surface area contributed by atoms with E-state index in [1.807, 2.05) is 39.0 Å². The summed E-state index contributed by atoms with van der Waals surface area (Å²) in [5.41, 5.74) is 4.14. The number of nitriles is 1. The molecule has 0 bridgehead atoms. The topological polar surface area (TPSA) is 61.6 Å². The second kappa shape index (κ2) is 5.37. The van der Waals surface area contributed by atoms with Crippen LogP contribution in [-0.4, -0.2) is 10.2 Å². The monoisotopic (exact) mass is 316 g/mol. The summed E-state index contributed by atoms with van der Waals surface area (Å²) in [6, 6.07) is 8.13. The predicted molar refractivity (Wildman–Crippen MR) is 78.4 cm³/mol. The molecule has 2 rings (SSSR count). The minimum Gasteiger partial charge on any atom is -0.337 e. The molecular weight excluding hydrogens is 304 g/mol. The molecule has 1 aromatic heterocycles. The van der Waals surface area contributed by atoms with Crippen LogP contribution in [-0.2, 0) is 0 Å². The van der Waals surface area contributed by atoms with Gasteiger partial charge in [-0.15, -0.1) is 5.10 Å². The zero-order chi connectivity index (χ0) is 14.0. The molecule has 5 heteroatoms. The van der Waals surface area contributed by atoms with E-state index in [2.05, 4.69) is 37.5 Å². The summed E-state index contributed by atoms with van der Waals surface area (Å²) in [7, 11) is 0. The summed E-state index contributed by atoms with van der Waals surface area (Å²) in [4.78, 5) is 0. The summed E-state index contributed by atoms with van der Waals surface area (Å²) in [5.74, 6) is 0.483. The molecule has 0 atom stereocenters. The summed E-state index contributed by atoms with van der Waals surface area (Å²) < 4.78 is 0.919. The Morgan fingerprint density at radius 3 is 2.63 bits per heavy atom. The van der Waals surface area contributed by atoms with Gasteiger partial charge in [-0.2, -0.15) is 10.4 Å². The number of benzene rings is 1. The molecule has 0 spiro atoms. The molecule has 2 aromatic rings. The van der Waals surface area contributed by atoms with E-state index in [1.54, 1.807) is 0 Å². The van der Waals surface area contributed by atoms with Gasteiger partial charge in [0.2, 0.25) is 0 Å². The molecule has 1 N–H and O–H groups in total. The van der Waals surface area contributed by atoms with Crippen molar-refractivity contribution in [2.45, 2.75) is 20.8 Å². The Kier molecular flexibility index (Phi) is 3.82. The van der Waals surface area contributed by atoms with Crippen molar-refractivity contribution in [1.82, 2.24) is 10.2 Å². The molecule has 1 aromatic carbocycles. The van der Waals surface area contributed by atoms with E-state index in [4.69, 9.17) is 0 Å².